The molecule has 1 aliphatic heterocycles. The fraction of sp³-hybridized carbons (Fsp3) is 0.368. The van der Waals surface area contributed by atoms with Gasteiger partial charge in [-0.25, -0.2) is 4.98 Å². The Bertz CT molecular complexity index is 675. The van der Waals surface area contributed by atoms with Gasteiger partial charge in [-0.15, -0.1) is 0 Å². The number of hydrogen-bond donors (Lipinski definition) is 1. The molecular formula is C19H23N3O2. The largest absolute Gasteiger partial charge is 0.484 e. The van der Waals surface area contributed by atoms with Gasteiger partial charge in [-0.2, -0.15) is 0 Å². The lowest BCUT2D eigenvalue weighted by molar-refractivity contribution is -0.134. The molecule has 1 aromatic heterocycles. The van der Waals surface area contributed by atoms with Gasteiger partial charge >= 0.3 is 0 Å². The summed E-state index contributed by atoms with van der Waals surface area (Å²) in [5.74, 6) is 2.00. The molecule has 0 radical (unpaired) electrons. The second-order valence-corrected chi connectivity index (χ2v) is 6.01. The highest BCUT2D eigenvalue weighted by molar-refractivity contribution is 5.78. The van der Waals surface area contributed by atoms with Crippen LogP contribution < -0.4 is 10.1 Å². The molecule has 0 bridgehead atoms. The van der Waals surface area contributed by atoms with Crippen LogP contribution in [-0.4, -0.2) is 42.5 Å². The number of ether oxygens (including phenoxy) is 1. The SMILES string of the molecule is CNc1cc([C@H]2CCCN(C(=O)COc3ccccc3)C2)ccn1. The van der Waals surface area contributed by atoms with Crippen molar-refractivity contribution in [3.63, 3.8) is 0 Å². The number of amides is 1. The molecule has 1 saturated heterocycles. The van der Waals surface area contributed by atoms with Crippen molar-refractivity contribution < 1.29 is 9.53 Å². The first-order chi connectivity index (χ1) is 11.8. The smallest absolute Gasteiger partial charge is 0.260 e. The van der Waals surface area contributed by atoms with E-state index in [9.17, 15) is 4.79 Å². The van der Waals surface area contributed by atoms with Crippen molar-refractivity contribution in [3.05, 3.63) is 54.2 Å². The summed E-state index contributed by atoms with van der Waals surface area (Å²) in [5.41, 5.74) is 1.23. The van der Waals surface area contributed by atoms with Crippen LogP contribution in [0.3, 0.4) is 0 Å². The van der Waals surface area contributed by atoms with E-state index in [4.69, 9.17) is 4.74 Å². The molecule has 1 atom stereocenters. The molecule has 126 valence electrons. The first kappa shape index (κ1) is 16.3. The van der Waals surface area contributed by atoms with Gasteiger partial charge in [-0.05, 0) is 42.7 Å². The Morgan fingerprint density at radius 3 is 2.96 bits per heavy atom. The molecule has 0 aliphatic carbocycles. The summed E-state index contributed by atoms with van der Waals surface area (Å²) < 4.78 is 5.59. The minimum atomic E-state index is 0.0476. The summed E-state index contributed by atoms with van der Waals surface area (Å²) >= 11 is 0. The van der Waals surface area contributed by atoms with Crippen LogP contribution in [0.15, 0.2) is 48.7 Å². The van der Waals surface area contributed by atoms with Crippen LogP contribution in [0.2, 0.25) is 0 Å². The van der Waals surface area contributed by atoms with Crippen molar-refractivity contribution in [2.24, 2.45) is 0 Å². The van der Waals surface area contributed by atoms with E-state index in [0.717, 1.165) is 37.5 Å². The molecular weight excluding hydrogens is 302 g/mol. The lowest BCUT2D eigenvalue weighted by Gasteiger charge is -2.33. The molecule has 5 nitrogen and oxygen atoms in total. The Kier molecular flexibility index (Phi) is 5.31. The Morgan fingerprint density at radius 2 is 2.17 bits per heavy atom. The predicted octanol–water partition coefficient (Wildman–Crippen LogP) is 2.91. The van der Waals surface area contributed by atoms with Gasteiger partial charge < -0.3 is 15.0 Å². The van der Waals surface area contributed by atoms with E-state index in [1.807, 2.05) is 54.5 Å². The van der Waals surface area contributed by atoms with Gasteiger partial charge in [0.05, 0.1) is 0 Å². The second kappa shape index (κ2) is 7.81. The van der Waals surface area contributed by atoms with Gasteiger partial charge in [-0.1, -0.05) is 18.2 Å². The maximum absolute atomic E-state index is 12.4. The number of benzene rings is 1. The molecule has 3 rings (SSSR count). The Hall–Kier alpha value is -2.56. The third-order valence-electron chi connectivity index (χ3n) is 4.39. The van der Waals surface area contributed by atoms with Crippen molar-refractivity contribution in [1.29, 1.82) is 0 Å². The van der Waals surface area contributed by atoms with E-state index in [-0.39, 0.29) is 12.5 Å². The third-order valence-corrected chi connectivity index (χ3v) is 4.39. The molecule has 2 heterocycles. The van der Waals surface area contributed by atoms with Crippen molar-refractivity contribution >= 4 is 11.7 Å². The number of aromatic nitrogens is 1. The fourth-order valence-electron chi connectivity index (χ4n) is 3.07. The van der Waals surface area contributed by atoms with Gasteiger partial charge in [0, 0.05) is 32.3 Å². The van der Waals surface area contributed by atoms with Crippen LogP contribution in [0.4, 0.5) is 5.82 Å². The number of hydrogen-bond acceptors (Lipinski definition) is 4. The van der Waals surface area contributed by atoms with Crippen molar-refractivity contribution in [1.82, 2.24) is 9.88 Å². The van der Waals surface area contributed by atoms with Gasteiger partial charge in [0.25, 0.3) is 5.91 Å². The summed E-state index contributed by atoms with van der Waals surface area (Å²) in [5, 5.41) is 3.07. The van der Waals surface area contributed by atoms with Gasteiger partial charge in [0.1, 0.15) is 11.6 Å². The fourth-order valence-corrected chi connectivity index (χ4v) is 3.07. The van der Waals surface area contributed by atoms with E-state index < -0.39 is 0 Å². The minimum Gasteiger partial charge on any atom is -0.484 e. The van der Waals surface area contributed by atoms with Crippen molar-refractivity contribution in [2.45, 2.75) is 18.8 Å². The Morgan fingerprint density at radius 1 is 1.33 bits per heavy atom. The molecule has 0 unspecified atom stereocenters. The zero-order valence-electron chi connectivity index (χ0n) is 13.9. The highest BCUT2D eigenvalue weighted by Gasteiger charge is 2.25. The lowest BCUT2D eigenvalue weighted by atomic mass is 9.91. The van der Waals surface area contributed by atoms with E-state index in [2.05, 4.69) is 16.4 Å². The van der Waals surface area contributed by atoms with Crippen molar-refractivity contribution in [2.75, 3.05) is 32.1 Å². The van der Waals surface area contributed by atoms with Crippen LogP contribution in [-0.2, 0) is 4.79 Å². The molecule has 1 fully saturated rings. The zero-order chi connectivity index (χ0) is 16.8. The maximum Gasteiger partial charge on any atom is 0.260 e. The minimum absolute atomic E-state index is 0.0476. The molecule has 1 amide bonds. The number of nitrogens with one attached hydrogen (secondary N) is 1. The molecule has 0 saturated carbocycles. The number of anilines is 1. The number of pyridine rings is 1. The number of rotatable bonds is 5. The first-order valence-electron chi connectivity index (χ1n) is 8.35. The topological polar surface area (TPSA) is 54.5 Å². The predicted molar refractivity (Wildman–Crippen MR) is 94.3 cm³/mol. The molecule has 1 aliphatic rings. The molecule has 5 heteroatoms. The van der Waals surface area contributed by atoms with E-state index in [0.29, 0.717) is 5.92 Å². The summed E-state index contributed by atoms with van der Waals surface area (Å²) in [6.45, 7) is 1.64. The van der Waals surface area contributed by atoms with E-state index in [1.165, 1.54) is 5.56 Å². The van der Waals surface area contributed by atoms with Gasteiger partial charge in [-0.3, -0.25) is 4.79 Å². The third kappa shape index (κ3) is 4.04. The van der Waals surface area contributed by atoms with Crippen molar-refractivity contribution in [3.8, 4) is 5.75 Å². The lowest BCUT2D eigenvalue weighted by Crippen LogP contribution is -2.41. The summed E-state index contributed by atoms with van der Waals surface area (Å²) in [7, 11) is 1.86. The molecule has 24 heavy (non-hydrogen) atoms. The molecule has 1 aromatic carbocycles. The Balaban J connectivity index is 1.59. The summed E-state index contributed by atoms with van der Waals surface area (Å²) in [6.07, 6.45) is 3.93. The average Bonchev–Trinajstić information content (AvgIpc) is 2.67. The molecule has 2 aromatic rings. The number of carbonyl (C=O) groups is 1. The molecule has 0 spiro atoms. The van der Waals surface area contributed by atoms with E-state index >= 15 is 0 Å². The van der Waals surface area contributed by atoms with Crippen LogP contribution in [0.25, 0.3) is 0 Å². The zero-order valence-corrected chi connectivity index (χ0v) is 13.9. The van der Waals surface area contributed by atoms with Crippen LogP contribution >= 0.6 is 0 Å². The quantitative estimate of drug-likeness (QED) is 0.918. The highest BCUT2D eigenvalue weighted by Crippen LogP contribution is 2.27. The van der Waals surface area contributed by atoms with Crippen LogP contribution in [0, 0.1) is 0 Å². The number of likely N-dealkylation sites (tertiary alicyclic amines) is 1. The number of nitrogens with zero attached hydrogens (tertiary/aromatic N) is 2. The van der Waals surface area contributed by atoms with Crippen LogP contribution in [0.5, 0.6) is 5.75 Å². The highest BCUT2D eigenvalue weighted by atomic mass is 16.5. The van der Waals surface area contributed by atoms with Gasteiger partial charge in [0.2, 0.25) is 0 Å². The standard InChI is InChI=1S/C19H23N3O2/c1-20-18-12-15(9-10-21-18)16-6-5-11-22(13-16)19(23)14-24-17-7-3-2-4-8-17/h2-4,7-10,12,16H,5-6,11,13-14H2,1H3,(H,20,21)/t16-/m0/s1. The second-order valence-electron chi connectivity index (χ2n) is 6.01. The van der Waals surface area contributed by atoms with Crippen LogP contribution in [0.1, 0.15) is 24.3 Å². The van der Waals surface area contributed by atoms with E-state index in [1.54, 1.807) is 0 Å². The number of piperidine rings is 1. The summed E-state index contributed by atoms with van der Waals surface area (Å²) in [4.78, 5) is 18.6. The number of carbonyl (C=O) groups excluding carboxylic acids is 1. The normalized spacial score (nSPS) is 17.4. The monoisotopic (exact) mass is 325 g/mol. The summed E-state index contributed by atoms with van der Waals surface area (Å²) in [6, 6.07) is 13.6. The average molecular weight is 325 g/mol. The number of para-hydroxylation sites is 1. The van der Waals surface area contributed by atoms with Gasteiger partial charge in [0.15, 0.2) is 6.61 Å². The Labute approximate surface area is 142 Å². The molecule has 1 N–H and O–H groups in total. The first-order valence-corrected chi connectivity index (χ1v) is 8.35. The maximum atomic E-state index is 12.4.